The molecule has 0 aliphatic heterocycles. The highest BCUT2D eigenvalue weighted by atomic mass is 16.5. The molecule has 0 saturated heterocycles. The van der Waals surface area contributed by atoms with E-state index in [-0.39, 0.29) is 0 Å². The van der Waals surface area contributed by atoms with Gasteiger partial charge in [-0.1, -0.05) is 18.2 Å². The van der Waals surface area contributed by atoms with Crippen molar-refractivity contribution >= 4 is 5.97 Å². The number of rotatable bonds is 10. The summed E-state index contributed by atoms with van der Waals surface area (Å²) in [7, 11) is 4.87. The van der Waals surface area contributed by atoms with E-state index in [0.717, 1.165) is 45.3 Å². The van der Waals surface area contributed by atoms with Crippen LogP contribution in [0.4, 0.5) is 0 Å². The van der Waals surface area contributed by atoms with Crippen molar-refractivity contribution in [3.8, 4) is 17.2 Å². The van der Waals surface area contributed by atoms with Crippen LogP contribution in [0.2, 0.25) is 0 Å². The molecule has 0 saturated carbocycles. The summed E-state index contributed by atoms with van der Waals surface area (Å²) in [4.78, 5) is 12.1. The van der Waals surface area contributed by atoms with E-state index in [1.807, 2.05) is 56.3 Å². The van der Waals surface area contributed by atoms with E-state index in [1.165, 1.54) is 0 Å². The van der Waals surface area contributed by atoms with E-state index in [1.54, 1.807) is 21.3 Å². The molecule has 0 unspecified atom stereocenters. The second kappa shape index (κ2) is 10.2. The van der Waals surface area contributed by atoms with E-state index in [9.17, 15) is 9.90 Å². The van der Waals surface area contributed by atoms with Gasteiger partial charge in [0.25, 0.3) is 0 Å². The normalized spacial score (nSPS) is 10.8. The Morgan fingerprint density at radius 1 is 0.906 bits per heavy atom. The van der Waals surface area contributed by atoms with Gasteiger partial charge in [-0.25, -0.2) is 4.79 Å². The lowest BCUT2D eigenvalue weighted by molar-refractivity contribution is 0.0694. The number of carboxylic acids is 1. The molecule has 2 aromatic carbocycles. The van der Waals surface area contributed by atoms with Crippen molar-refractivity contribution in [1.82, 2.24) is 9.88 Å². The summed E-state index contributed by atoms with van der Waals surface area (Å²) < 4.78 is 18.0. The molecule has 0 atom stereocenters. The SMILES string of the molecule is COc1ccc(Cn2c(C)c(CNCc3ccc(OC)cc3OC)c(C(=O)O)c2C)cc1. The predicted octanol–water partition coefficient (Wildman–Crippen LogP) is 4.17. The third-order valence-electron chi connectivity index (χ3n) is 5.74. The molecule has 32 heavy (non-hydrogen) atoms. The lowest BCUT2D eigenvalue weighted by Gasteiger charge is -2.12. The molecule has 0 aliphatic rings. The minimum Gasteiger partial charge on any atom is -0.497 e. The fourth-order valence-corrected chi connectivity index (χ4v) is 3.92. The quantitative estimate of drug-likeness (QED) is 0.495. The van der Waals surface area contributed by atoms with Gasteiger partial charge in [-0.15, -0.1) is 0 Å². The molecule has 0 bridgehead atoms. The van der Waals surface area contributed by atoms with Crippen LogP contribution in [0.1, 0.15) is 38.4 Å². The molecule has 0 amide bonds. The van der Waals surface area contributed by atoms with Crippen LogP contribution >= 0.6 is 0 Å². The van der Waals surface area contributed by atoms with E-state index >= 15 is 0 Å². The largest absolute Gasteiger partial charge is 0.497 e. The zero-order chi connectivity index (χ0) is 23.3. The van der Waals surface area contributed by atoms with E-state index < -0.39 is 5.97 Å². The number of benzene rings is 2. The van der Waals surface area contributed by atoms with Crippen LogP contribution in [0.5, 0.6) is 17.2 Å². The number of hydrogen-bond acceptors (Lipinski definition) is 5. The molecule has 0 aliphatic carbocycles. The van der Waals surface area contributed by atoms with Crippen molar-refractivity contribution in [2.75, 3.05) is 21.3 Å². The van der Waals surface area contributed by atoms with Crippen LogP contribution in [-0.2, 0) is 19.6 Å². The molecule has 1 aromatic heterocycles. The van der Waals surface area contributed by atoms with Gasteiger partial charge in [0.15, 0.2) is 0 Å². The first-order valence-electron chi connectivity index (χ1n) is 10.4. The van der Waals surface area contributed by atoms with E-state index in [4.69, 9.17) is 14.2 Å². The molecule has 7 nitrogen and oxygen atoms in total. The maximum Gasteiger partial charge on any atom is 0.337 e. The number of nitrogens with one attached hydrogen (secondary N) is 1. The number of carboxylic acid groups (broad SMARTS) is 1. The van der Waals surface area contributed by atoms with Crippen molar-refractivity contribution in [3.63, 3.8) is 0 Å². The molecule has 0 radical (unpaired) electrons. The summed E-state index contributed by atoms with van der Waals surface area (Å²) >= 11 is 0. The van der Waals surface area contributed by atoms with Gasteiger partial charge < -0.3 is 29.2 Å². The highest BCUT2D eigenvalue weighted by molar-refractivity contribution is 5.91. The summed E-state index contributed by atoms with van der Waals surface area (Å²) in [6.45, 7) is 5.38. The van der Waals surface area contributed by atoms with Crippen LogP contribution in [0.3, 0.4) is 0 Å². The van der Waals surface area contributed by atoms with Crippen molar-refractivity contribution in [2.45, 2.75) is 33.5 Å². The first-order valence-corrected chi connectivity index (χ1v) is 10.4. The minimum atomic E-state index is -0.919. The van der Waals surface area contributed by atoms with Crippen molar-refractivity contribution in [3.05, 3.63) is 76.1 Å². The zero-order valence-electron chi connectivity index (χ0n) is 19.2. The van der Waals surface area contributed by atoms with Gasteiger partial charge in [0.05, 0.1) is 26.9 Å². The molecule has 3 rings (SSSR count). The molecule has 3 aromatic rings. The Labute approximate surface area is 188 Å². The van der Waals surface area contributed by atoms with Gasteiger partial charge in [0.1, 0.15) is 17.2 Å². The average Bonchev–Trinajstić information content (AvgIpc) is 3.04. The Morgan fingerprint density at radius 3 is 2.16 bits per heavy atom. The highest BCUT2D eigenvalue weighted by Gasteiger charge is 2.22. The van der Waals surface area contributed by atoms with Crippen LogP contribution in [0.15, 0.2) is 42.5 Å². The summed E-state index contributed by atoms with van der Waals surface area (Å²) in [6.07, 6.45) is 0. The Bertz CT molecular complexity index is 1090. The van der Waals surface area contributed by atoms with Crippen LogP contribution in [0.25, 0.3) is 0 Å². The molecule has 1 heterocycles. The Kier molecular flexibility index (Phi) is 7.43. The molecule has 0 fully saturated rings. The second-order valence-corrected chi connectivity index (χ2v) is 7.55. The lowest BCUT2D eigenvalue weighted by Crippen LogP contribution is -2.16. The molecular weight excluding hydrogens is 408 g/mol. The number of methoxy groups -OCH3 is 3. The number of nitrogens with zero attached hydrogens (tertiary/aromatic N) is 1. The van der Waals surface area contributed by atoms with E-state index in [2.05, 4.69) is 9.88 Å². The number of hydrogen-bond donors (Lipinski definition) is 2. The van der Waals surface area contributed by atoms with Gasteiger partial charge in [-0.3, -0.25) is 0 Å². The predicted molar refractivity (Wildman–Crippen MR) is 123 cm³/mol. The van der Waals surface area contributed by atoms with Crippen LogP contribution < -0.4 is 19.5 Å². The van der Waals surface area contributed by atoms with Gasteiger partial charge in [-0.05, 0) is 37.6 Å². The van der Waals surface area contributed by atoms with Crippen molar-refractivity contribution < 1.29 is 24.1 Å². The fraction of sp³-hybridized carbons (Fsp3) is 0.320. The number of carbonyl (C=O) groups is 1. The van der Waals surface area contributed by atoms with Crippen molar-refractivity contribution in [2.24, 2.45) is 0 Å². The van der Waals surface area contributed by atoms with Gasteiger partial charge in [-0.2, -0.15) is 0 Å². The summed E-state index contributed by atoms with van der Waals surface area (Å²) in [5, 5.41) is 13.3. The molecule has 170 valence electrons. The maximum atomic E-state index is 12.1. The third-order valence-corrected chi connectivity index (χ3v) is 5.74. The minimum absolute atomic E-state index is 0.352. The summed E-state index contributed by atoms with van der Waals surface area (Å²) in [5.41, 5.74) is 4.86. The summed E-state index contributed by atoms with van der Waals surface area (Å²) in [5.74, 6) is 1.32. The van der Waals surface area contributed by atoms with E-state index in [0.29, 0.717) is 25.2 Å². The van der Waals surface area contributed by atoms with Crippen molar-refractivity contribution in [1.29, 1.82) is 0 Å². The molecule has 0 spiro atoms. The maximum absolute atomic E-state index is 12.1. The molecule has 2 N–H and O–H groups in total. The second-order valence-electron chi connectivity index (χ2n) is 7.55. The van der Waals surface area contributed by atoms with Crippen LogP contribution in [-0.4, -0.2) is 37.0 Å². The number of ether oxygens (including phenoxy) is 3. The summed E-state index contributed by atoms with van der Waals surface area (Å²) in [6, 6.07) is 13.5. The zero-order valence-corrected chi connectivity index (χ0v) is 19.2. The monoisotopic (exact) mass is 438 g/mol. The molecular formula is C25H30N2O5. The number of aromatic nitrogens is 1. The Morgan fingerprint density at radius 2 is 1.56 bits per heavy atom. The first kappa shape index (κ1) is 23.2. The lowest BCUT2D eigenvalue weighted by atomic mass is 10.1. The standard InChI is InChI=1S/C25H30N2O5/c1-16-22(14-26-13-19-8-11-21(31-4)12-23(19)32-5)24(25(28)29)17(2)27(16)15-18-6-9-20(30-3)10-7-18/h6-12,26H,13-15H2,1-5H3,(H,28,29). The third kappa shape index (κ3) is 4.89. The van der Waals surface area contributed by atoms with Gasteiger partial charge in [0.2, 0.25) is 0 Å². The Hall–Kier alpha value is -3.45. The smallest absolute Gasteiger partial charge is 0.337 e. The van der Waals surface area contributed by atoms with Gasteiger partial charge in [0, 0.05) is 48.2 Å². The van der Waals surface area contributed by atoms with Gasteiger partial charge >= 0.3 is 5.97 Å². The Balaban J connectivity index is 1.81. The average molecular weight is 439 g/mol. The first-order chi connectivity index (χ1) is 15.4. The fourth-order valence-electron chi connectivity index (χ4n) is 3.92. The number of aromatic carboxylic acids is 1. The topological polar surface area (TPSA) is 82.0 Å². The van der Waals surface area contributed by atoms with Crippen LogP contribution in [0, 0.1) is 13.8 Å². The highest BCUT2D eigenvalue weighted by Crippen LogP contribution is 2.26. The molecule has 7 heteroatoms.